The van der Waals surface area contributed by atoms with Gasteiger partial charge in [0.05, 0.1) is 5.92 Å². The number of ether oxygens (including phenoxy) is 1. The Hall–Kier alpha value is -3.35. The number of benzene rings is 2. The Bertz CT molecular complexity index is 881. The molecule has 3 rings (SSSR count). The van der Waals surface area contributed by atoms with Crippen molar-refractivity contribution in [3.05, 3.63) is 59.7 Å². The lowest BCUT2D eigenvalue weighted by Gasteiger charge is -2.17. The Morgan fingerprint density at radius 2 is 1.55 bits per heavy atom. The van der Waals surface area contributed by atoms with Crippen molar-refractivity contribution in [2.24, 2.45) is 5.92 Å². The molecule has 2 aromatic rings. The third-order valence-electron chi connectivity index (χ3n) is 5.08. The fraction of sp³-hybridized carbons (Fsp3) is 0.318. The molecule has 0 saturated carbocycles. The molecule has 7 heteroatoms. The Morgan fingerprint density at radius 1 is 1.00 bits per heavy atom. The van der Waals surface area contributed by atoms with E-state index in [0.29, 0.717) is 0 Å². The van der Waals surface area contributed by atoms with E-state index >= 15 is 0 Å². The Kier molecular flexibility index (Phi) is 6.16. The minimum absolute atomic E-state index is 0.00905. The van der Waals surface area contributed by atoms with Gasteiger partial charge in [0, 0.05) is 12.5 Å². The monoisotopic (exact) mass is 396 g/mol. The quantitative estimate of drug-likeness (QED) is 0.668. The SMILES string of the molecule is CC(CNC(=O)[C@@H](C)NC(=O)OCC1c2ccccc2-c2ccccc21)C(=O)O. The van der Waals surface area contributed by atoms with E-state index in [0.717, 1.165) is 22.3 Å². The van der Waals surface area contributed by atoms with Gasteiger partial charge in [-0.2, -0.15) is 0 Å². The summed E-state index contributed by atoms with van der Waals surface area (Å²) in [5.74, 6) is -2.23. The molecule has 1 aliphatic rings. The van der Waals surface area contributed by atoms with Crippen LogP contribution in [0.1, 0.15) is 30.9 Å². The van der Waals surface area contributed by atoms with Gasteiger partial charge in [-0.15, -0.1) is 0 Å². The molecule has 0 heterocycles. The summed E-state index contributed by atoms with van der Waals surface area (Å²) in [6.45, 7) is 3.16. The van der Waals surface area contributed by atoms with Gasteiger partial charge in [0.25, 0.3) is 0 Å². The van der Waals surface area contributed by atoms with Crippen LogP contribution in [0, 0.1) is 5.92 Å². The van der Waals surface area contributed by atoms with Gasteiger partial charge in [-0.25, -0.2) is 4.79 Å². The van der Waals surface area contributed by atoms with Crippen molar-refractivity contribution in [1.82, 2.24) is 10.6 Å². The molecule has 0 aliphatic heterocycles. The number of carbonyl (C=O) groups excluding carboxylic acids is 2. The van der Waals surface area contributed by atoms with Gasteiger partial charge in [0.2, 0.25) is 5.91 Å². The molecule has 7 nitrogen and oxygen atoms in total. The van der Waals surface area contributed by atoms with Gasteiger partial charge in [-0.05, 0) is 29.2 Å². The maximum atomic E-state index is 12.2. The topological polar surface area (TPSA) is 105 Å². The van der Waals surface area contributed by atoms with Crippen LogP contribution in [0.25, 0.3) is 11.1 Å². The molecular formula is C22H24N2O5. The molecule has 29 heavy (non-hydrogen) atoms. The number of hydrogen-bond donors (Lipinski definition) is 3. The van der Waals surface area contributed by atoms with Crippen LogP contribution >= 0.6 is 0 Å². The van der Waals surface area contributed by atoms with E-state index in [1.807, 2.05) is 36.4 Å². The lowest BCUT2D eigenvalue weighted by Crippen LogP contribution is -2.46. The number of nitrogens with one attached hydrogen (secondary N) is 2. The minimum Gasteiger partial charge on any atom is -0.481 e. The van der Waals surface area contributed by atoms with Crippen LogP contribution in [0.3, 0.4) is 0 Å². The average molecular weight is 396 g/mol. The number of hydrogen-bond acceptors (Lipinski definition) is 4. The summed E-state index contributed by atoms with van der Waals surface area (Å²) >= 11 is 0. The summed E-state index contributed by atoms with van der Waals surface area (Å²) in [5.41, 5.74) is 4.49. The summed E-state index contributed by atoms with van der Waals surface area (Å²) in [4.78, 5) is 35.0. The van der Waals surface area contributed by atoms with Crippen LogP contribution in [0.15, 0.2) is 48.5 Å². The summed E-state index contributed by atoms with van der Waals surface area (Å²) < 4.78 is 5.40. The number of alkyl carbamates (subject to hydrolysis) is 1. The second-order valence-electron chi connectivity index (χ2n) is 7.18. The molecule has 0 bridgehead atoms. The third kappa shape index (κ3) is 4.56. The molecule has 2 aromatic carbocycles. The summed E-state index contributed by atoms with van der Waals surface area (Å²) in [6.07, 6.45) is -0.694. The molecule has 0 fully saturated rings. The second-order valence-corrected chi connectivity index (χ2v) is 7.18. The standard InChI is InChI=1S/C22H24N2O5/c1-13(21(26)27)11-23-20(25)14(2)24-22(28)29-12-19-17-9-5-3-7-15(17)16-8-4-6-10-18(16)19/h3-10,13-14,19H,11-12H2,1-2H3,(H,23,25)(H,24,28)(H,26,27)/t13?,14-/m1/s1. The zero-order chi connectivity index (χ0) is 21.0. The predicted octanol–water partition coefficient (Wildman–Crippen LogP) is 2.75. The summed E-state index contributed by atoms with van der Waals surface area (Å²) in [7, 11) is 0. The van der Waals surface area contributed by atoms with Gasteiger partial charge >= 0.3 is 12.1 Å². The van der Waals surface area contributed by atoms with E-state index in [4.69, 9.17) is 9.84 Å². The number of amides is 2. The van der Waals surface area contributed by atoms with Crippen molar-refractivity contribution in [3.63, 3.8) is 0 Å². The second kappa shape index (κ2) is 8.77. The van der Waals surface area contributed by atoms with Crippen LogP contribution in [0.2, 0.25) is 0 Å². The van der Waals surface area contributed by atoms with Crippen molar-refractivity contribution in [2.45, 2.75) is 25.8 Å². The lowest BCUT2D eigenvalue weighted by molar-refractivity contribution is -0.141. The smallest absolute Gasteiger partial charge is 0.407 e. The van der Waals surface area contributed by atoms with Crippen LogP contribution in [-0.2, 0) is 14.3 Å². The lowest BCUT2D eigenvalue weighted by atomic mass is 9.98. The normalized spacial score (nSPS) is 14.3. The highest BCUT2D eigenvalue weighted by Crippen LogP contribution is 2.44. The van der Waals surface area contributed by atoms with Crippen molar-refractivity contribution in [2.75, 3.05) is 13.2 Å². The van der Waals surface area contributed by atoms with Crippen LogP contribution in [-0.4, -0.2) is 42.3 Å². The Labute approximate surface area is 169 Å². The predicted molar refractivity (Wildman–Crippen MR) is 107 cm³/mol. The van der Waals surface area contributed by atoms with Crippen molar-refractivity contribution >= 4 is 18.0 Å². The van der Waals surface area contributed by atoms with E-state index < -0.39 is 29.9 Å². The highest BCUT2D eigenvalue weighted by Gasteiger charge is 2.29. The third-order valence-corrected chi connectivity index (χ3v) is 5.08. The summed E-state index contributed by atoms with van der Waals surface area (Å²) in [5, 5.41) is 13.8. The Morgan fingerprint density at radius 3 is 2.10 bits per heavy atom. The van der Waals surface area contributed by atoms with Crippen LogP contribution in [0.4, 0.5) is 4.79 Å². The maximum absolute atomic E-state index is 12.2. The highest BCUT2D eigenvalue weighted by molar-refractivity contribution is 5.85. The van der Waals surface area contributed by atoms with E-state index in [1.165, 1.54) is 13.8 Å². The molecule has 3 N–H and O–H groups in total. The van der Waals surface area contributed by atoms with Crippen molar-refractivity contribution in [1.29, 1.82) is 0 Å². The molecule has 0 saturated heterocycles. The first-order valence-corrected chi connectivity index (χ1v) is 9.50. The Balaban J connectivity index is 1.56. The molecule has 152 valence electrons. The van der Waals surface area contributed by atoms with E-state index in [1.54, 1.807) is 0 Å². The number of aliphatic carboxylic acids is 1. The first kappa shape index (κ1) is 20.4. The number of carboxylic acid groups (broad SMARTS) is 1. The number of fused-ring (bicyclic) bond motifs is 3. The van der Waals surface area contributed by atoms with Crippen LogP contribution in [0.5, 0.6) is 0 Å². The van der Waals surface area contributed by atoms with Gasteiger partial charge in [-0.3, -0.25) is 9.59 Å². The van der Waals surface area contributed by atoms with E-state index in [9.17, 15) is 14.4 Å². The molecule has 1 aliphatic carbocycles. The molecule has 0 aromatic heterocycles. The van der Waals surface area contributed by atoms with E-state index in [-0.39, 0.29) is 19.1 Å². The van der Waals surface area contributed by atoms with Crippen molar-refractivity contribution < 1.29 is 24.2 Å². The van der Waals surface area contributed by atoms with Gasteiger partial charge in [0.15, 0.2) is 0 Å². The number of carbonyl (C=O) groups is 3. The highest BCUT2D eigenvalue weighted by atomic mass is 16.5. The largest absolute Gasteiger partial charge is 0.481 e. The first-order valence-electron chi connectivity index (χ1n) is 9.50. The summed E-state index contributed by atoms with van der Waals surface area (Å²) in [6, 6.07) is 15.2. The van der Waals surface area contributed by atoms with Gasteiger partial charge in [0.1, 0.15) is 12.6 Å². The van der Waals surface area contributed by atoms with Crippen LogP contribution < -0.4 is 10.6 Å². The fourth-order valence-corrected chi connectivity index (χ4v) is 3.38. The molecule has 2 atom stereocenters. The zero-order valence-electron chi connectivity index (χ0n) is 16.3. The van der Waals surface area contributed by atoms with E-state index in [2.05, 4.69) is 22.8 Å². The van der Waals surface area contributed by atoms with Gasteiger partial charge < -0.3 is 20.5 Å². The average Bonchev–Trinajstić information content (AvgIpc) is 3.04. The molecular weight excluding hydrogens is 372 g/mol. The molecule has 1 unspecified atom stereocenters. The molecule has 0 radical (unpaired) electrons. The first-order chi connectivity index (χ1) is 13.9. The molecule has 2 amide bonds. The number of carboxylic acids is 1. The van der Waals surface area contributed by atoms with Crippen molar-refractivity contribution in [3.8, 4) is 11.1 Å². The van der Waals surface area contributed by atoms with Gasteiger partial charge in [-0.1, -0.05) is 55.5 Å². The maximum Gasteiger partial charge on any atom is 0.407 e. The number of rotatable bonds is 7. The fourth-order valence-electron chi connectivity index (χ4n) is 3.38. The molecule has 0 spiro atoms. The zero-order valence-corrected chi connectivity index (χ0v) is 16.3. The minimum atomic E-state index is -0.998.